The summed E-state index contributed by atoms with van der Waals surface area (Å²) in [6.45, 7) is 2.50. The molecule has 0 spiro atoms. The molecule has 1 aromatic heterocycles. The fraction of sp³-hybridized carbons (Fsp3) is 0.312. The van der Waals surface area contributed by atoms with Crippen molar-refractivity contribution in [2.75, 3.05) is 25.2 Å². The van der Waals surface area contributed by atoms with Crippen molar-refractivity contribution in [3.8, 4) is 0 Å². The highest BCUT2D eigenvalue weighted by Gasteiger charge is 2.16. The molecule has 0 aliphatic rings. The number of nitrogens with zero attached hydrogens (tertiary/aromatic N) is 1. The molecule has 1 atom stereocenters. The summed E-state index contributed by atoms with van der Waals surface area (Å²) in [5.41, 5.74) is 0.882. The second-order valence-corrected chi connectivity index (χ2v) is 6.68. The summed E-state index contributed by atoms with van der Waals surface area (Å²) >= 11 is 3.35. The van der Waals surface area contributed by atoms with E-state index >= 15 is 0 Å². The molecule has 1 unspecified atom stereocenters. The largest absolute Gasteiger partial charge is 0.324 e. The summed E-state index contributed by atoms with van der Waals surface area (Å²) in [6, 6.07) is 12.3. The Morgan fingerprint density at radius 1 is 1.33 bits per heavy atom. The van der Waals surface area contributed by atoms with Crippen molar-refractivity contribution in [3.63, 3.8) is 0 Å². The predicted octanol–water partition coefficient (Wildman–Crippen LogP) is 4.10. The molecule has 0 aliphatic carbocycles. The number of anilines is 1. The summed E-state index contributed by atoms with van der Waals surface area (Å²) in [5.74, 6) is 0.0161. The third-order valence-corrected chi connectivity index (χ3v) is 5.23. The van der Waals surface area contributed by atoms with Crippen molar-refractivity contribution in [1.29, 1.82) is 0 Å². The highest BCUT2D eigenvalue weighted by molar-refractivity contribution is 7.98. The molecule has 2 aromatic rings. The summed E-state index contributed by atoms with van der Waals surface area (Å²) in [5, 5.41) is 5.06. The third-order valence-electron chi connectivity index (χ3n) is 3.39. The first-order valence-corrected chi connectivity index (χ1v) is 8.88. The van der Waals surface area contributed by atoms with Gasteiger partial charge in [-0.1, -0.05) is 18.2 Å². The number of thioether (sulfide) groups is 1. The lowest BCUT2D eigenvalue weighted by molar-refractivity contribution is -0.117. The molecule has 1 amide bonds. The second kappa shape index (κ2) is 7.64. The second-order valence-electron chi connectivity index (χ2n) is 4.85. The zero-order chi connectivity index (χ0) is 15.2. The Kier molecular flexibility index (Phi) is 5.85. The van der Waals surface area contributed by atoms with Gasteiger partial charge in [0.15, 0.2) is 0 Å². The standard InChI is InChI=1S/C16H20N2OS2/c1-12(14-9-6-10-21-14)18(2)11-16(19)17-13-7-4-5-8-15(13)20-3/h4-10,12H,11H2,1-3H3,(H,17,19). The number of hydrogen-bond donors (Lipinski definition) is 1. The zero-order valence-electron chi connectivity index (χ0n) is 12.5. The molecule has 1 N–H and O–H groups in total. The number of hydrogen-bond acceptors (Lipinski definition) is 4. The Morgan fingerprint density at radius 3 is 2.76 bits per heavy atom. The number of rotatable bonds is 6. The van der Waals surface area contributed by atoms with E-state index in [1.54, 1.807) is 23.1 Å². The summed E-state index contributed by atoms with van der Waals surface area (Å²) in [6.07, 6.45) is 2.01. The first-order chi connectivity index (χ1) is 10.1. The topological polar surface area (TPSA) is 32.3 Å². The molecule has 1 heterocycles. The van der Waals surface area contributed by atoms with Gasteiger partial charge in [0.25, 0.3) is 0 Å². The van der Waals surface area contributed by atoms with E-state index in [-0.39, 0.29) is 11.9 Å². The van der Waals surface area contributed by atoms with Gasteiger partial charge in [-0.05, 0) is 43.8 Å². The van der Waals surface area contributed by atoms with Crippen LogP contribution in [-0.2, 0) is 4.79 Å². The fourth-order valence-electron chi connectivity index (χ4n) is 2.05. The normalized spacial score (nSPS) is 12.4. The molecular formula is C16H20N2OS2. The van der Waals surface area contributed by atoms with Crippen LogP contribution in [0, 0.1) is 0 Å². The Labute approximate surface area is 134 Å². The lowest BCUT2D eigenvalue weighted by Crippen LogP contribution is -2.32. The van der Waals surface area contributed by atoms with Gasteiger partial charge in [0.1, 0.15) is 0 Å². The van der Waals surface area contributed by atoms with Gasteiger partial charge in [0, 0.05) is 15.8 Å². The van der Waals surface area contributed by atoms with E-state index in [0.717, 1.165) is 10.6 Å². The Morgan fingerprint density at radius 2 is 2.10 bits per heavy atom. The minimum absolute atomic E-state index is 0.0161. The van der Waals surface area contributed by atoms with Crippen LogP contribution in [0.3, 0.4) is 0 Å². The number of carbonyl (C=O) groups is 1. The van der Waals surface area contributed by atoms with Crippen LogP contribution in [0.15, 0.2) is 46.7 Å². The average molecular weight is 320 g/mol. The van der Waals surface area contributed by atoms with Crippen molar-refractivity contribution in [1.82, 2.24) is 4.90 Å². The molecule has 112 valence electrons. The van der Waals surface area contributed by atoms with E-state index in [1.807, 2.05) is 43.6 Å². The van der Waals surface area contributed by atoms with Crippen LogP contribution in [0.4, 0.5) is 5.69 Å². The van der Waals surface area contributed by atoms with Gasteiger partial charge in [-0.25, -0.2) is 0 Å². The van der Waals surface area contributed by atoms with Crippen LogP contribution in [0.2, 0.25) is 0 Å². The van der Waals surface area contributed by atoms with Crippen LogP contribution < -0.4 is 5.32 Å². The van der Waals surface area contributed by atoms with Crippen molar-refractivity contribution < 1.29 is 4.79 Å². The lowest BCUT2D eigenvalue weighted by Gasteiger charge is -2.23. The molecule has 3 nitrogen and oxygen atoms in total. The monoisotopic (exact) mass is 320 g/mol. The SMILES string of the molecule is CSc1ccccc1NC(=O)CN(C)C(C)c1cccs1. The minimum Gasteiger partial charge on any atom is -0.324 e. The van der Waals surface area contributed by atoms with Crippen molar-refractivity contribution in [2.45, 2.75) is 17.9 Å². The van der Waals surface area contributed by atoms with E-state index < -0.39 is 0 Å². The highest BCUT2D eigenvalue weighted by Crippen LogP contribution is 2.25. The van der Waals surface area contributed by atoms with Crippen molar-refractivity contribution in [2.24, 2.45) is 0 Å². The quantitative estimate of drug-likeness (QED) is 0.813. The Balaban J connectivity index is 1.95. The molecule has 0 saturated carbocycles. The van der Waals surface area contributed by atoms with Crippen molar-refractivity contribution >= 4 is 34.7 Å². The van der Waals surface area contributed by atoms with Crippen LogP contribution in [0.25, 0.3) is 0 Å². The molecule has 0 aliphatic heterocycles. The first-order valence-electron chi connectivity index (χ1n) is 6.78. The summed E-state index contributed by atoms with van der Waals surface area (Å²) in [7, 11) is 1.98. The van der Waals surface area contributed by atoms with Crippen LogP contribution in [0.1, 0.15) is 17.8 Å². The third kappa shape index (κ3) is 4.33. The maximum absolute atomic E-state index is 12.2. The number of benzene rings is 1. The van der Waals surface area contributed by atoms with Gasteiger partial charge in [0.05, 0.1) is 12.2 Å². The van der Waals surface area contributed by atoms with Crippen LogP contribution in [0.5, 0.6) is 0 Å². The van der Waals surface area contributed by atoms with E-state index in [9.17, 15) is 4.79 Å². The Hall–Kier alpha value is -1.30. The minimum atomic E-state index is 0.0161. The van der Waals surface area contributed by atoms with Crippen LogP contribution >= 0.6 is 23.1 Å². The number of para-hydroxylation sites is 1. The smallest absolute Gasteiger partial charge is 0.238 e. The molecule has 21 heavy (non-hydrogen) atoms. The highest BCUT2D eigenvalue weighted by atomic mass is 32.2. The molecule has 0 radical (unpaired) electrons. The number of nitrogens with one attached hydrogen (secondary N) is 1. The summed E-state index contributed by atoms with van der Waals surface area (Å²) < 4.78 is 0. The van der Waals surface area contributed by atoms with Gasteiger partial charge < -0.3 is 5.32 Å². The molecule has 5 heteroatoms. The van der Waals surface area contributed by atoms with E-state index in [4.69, 9.17) is 0 Å². The van der Waals surface area contributed by atoms with Gasteiger partial charge in [-0.2, -0.15) is 0 Å². The van der Waals surface area contributed by atoms with Crippen LogP contribution in [-0.4, -0.2) is 30.7 Å². The molecular weight excluding hydrogens is 300 g/mol. The van der Waals surface area contributed by atoms with E-state index in [2.05, 4.69) is 28.6 Å². The van der Waals surface area contributed by atoms with Gasteiger partial charge in [-0.15, -0.1) is 23.1 Å². The average Bonchev–Trinajstić information content (AvgIpc) is 3.01. The molecule has 0 fully saturated rings. The van der Waals surface area contributed by atoms with Gasteiger partial charge >= 0.3 is 0 Å². The fourth-order valence-corrected chi connectivity index (χ4v) is 3.45. The molecule has 0 bridgehead atoms. The first kappa shape index (κ1) is 16.1. The maximum atomic E-state index is 12.2. The van der Waals surface area contributed by atoms with Gasteiger partial charge in [0.2, 0.25) is 5.91 Å². The number of likely N-dealkylation sites (N-methyl/N-ethyl adjacent to an activating group) is 1. The predicted molar refractivity (Wildman–Crippen MR) is 92.2 cm³/mol. The maximum Gasteiger partial charge on any atom is 0.238 e. The molecule has 2 rings (SSSR count). The zero-order valence-corrected chi connectivity index (χ0v) is 14.1. The lowest BCUT2D eigenvalue weighted by atomic mass is 10.2. The van der Waals surface area contributed by atoms with Crippen molar-refractivity contribution in [3.05, 3.63) is 46.7 Å². The molecule has 1 aromatic carbocycles. The van der Waals surface area contributed by atoms with E-state index in [1.165, 1.54) is 4.88 Å². The molecule has 0 saturated heterocycles. The number of amides is 1. The number of carbonyl (C=O) groups excluding carboxylic acids is 1. The Bertz CT molecular complexity index is 584. The van der Waals surface area contributed by atoms with Gasteiger partial charge in [-0.3, -0.25) is 9.69 Å². The number of thiophene rings is 1. The summed E-state index contributed by atoms with van der Waals surface area (Å²) in [4.78, 5) is 16.6. The van der Waals surface area contributed by atoms with E-state index in [0.29, 0.717) is 6.54 Å².